The number of hydrogen-bond donors (Lipinski definition) is 1. The number of oxazole rings is 1. The first-order valence-electron chi connectivity index (χ1n) is 10.9. The van der Waals surface area contributed by atoms with Crippen LogP contribution in [0.25, 0.3) is 11.5 Å². The Morgan fingerprint density at radius 1 is 0.912 bits per heavy atom. The lowest BCUT2D eigenvalue weighted by Crippen LogP contribution is -2.12. The lowest BCUT2D eigenvalue weighted by Gasteiger charge is -2.07. The van der Waals surface area contributed by atoms with Gasteiger partial charge in [-0.2, -0.15) is 0 Å². The van der Waals surface area contributed by atoms with E-state index in [1.54, 1.807) is 55.5 Å². The van der Waals surface area contributed by atoms with Gasteiger partial charge in [-0.05, 0) is 74.5 Å². The van der Waals surface area contributed by atoms with Crippen molar-refractivity contribution >= 4 is 17.6 Å². The molecule has 0 spiro atoms. The van der Waals surface area contributed by atoms with E-state index in [-0.39, 0.29) is 5.91 Å². The molecular weight excluding hydrogens is 432 g/mol. The number of para-hydroxylation sites is 1. The van der Waals surface area contributed by atoms with E-state index in [2.05, 4.69) is 10.3 Å². The fourth-order valence-corrected chi connectivity index (χ4v) is 3.23. The number of esters is 1. The molecule has 0 aliphatic rings. The Morgan fingerprint density at radius 2 is 1.59 bits per heavy atom. The average Bonchev–Trinajstić information content (AvgIpc) is 3.24. The fourth-order valence-electron chi connectivity index (χ4n) is 3.23. The molecule has 7 heteroatoms. The lowest BCUT2D eigenvalue weighted by atomic mass is 10.1. The number of nitrogens with one attached hydrogen (secondary N) is 1. The number of aromatic nitrogens is 1. The molecule has 0 radical (unpaired) electrons. The second kappa shape index (κ2) is 10.5. The highest BCUT2D eigenvalue weighted by Crippen LogP contribution is 2.24. The summed E-state index contributed by atoms with van der Waals surface area (Å²) >= 11 is 0. The number of nitrogens with zero attached hydrogens (tertiary/aromatic N) is 1. The summed E-state index contributed by atoms with van der Waals surface area (Å²) in [5.41, 5.74) is 2.96. The van der Waals surface area contributed by atoms with Crippen molar-refractivity contribution in [3.8, 4) is 17.2 Å². The van der Waals surface area contributed by atoms with Crippen LogP contribution in [-0.4, -0.2) is 23.5 Å². The number of hydrogen-bond acceptors (Lipinski definition) is 6. The van der Waals surface area contributed by atoms with Crippen molar-refractivity contribution in [1.82, 2.24) is 4.98 Å². The molecule has 1 N–H and O–H groups in total. The topological polar surface area (TPSA) is 90.7 Å². The predicted octanol–water partition coefficient (Wildman–Crippen LogP) is 5.66. The third kappa shape index (κ3) is 5.50. The zero-order valence-electron chi connectivity index (χ0n) is 18.9. The summed E-state index contributed by atoms with van der Waals surface area (Å²) in [5, 5.41) is 2.81. The Kier molecular flexibility index (Phi) is 7.03. The average molecular weight is 456 g/mol. The molecule has 34 heavy (non-hydrogen) atoms. The minimum atomic E-state index is -0.396. The van der Waals surface area contributed by atoms with Crippen molar-refractivity contribution < 1.29 is 23.5 Å². The molecule has 0 atom stereocenters. The summed E-state index contributed by atoms with van der Waals surface area (Å²) in [4.78, 5) is 28.9. The van der Waals surface area contributed by atoms with Gasteiger partial charge in [0.15, 0.2) is 0 Å². The first-order valence-corrected chi connectivity index (χ1v) is 10.9. The van der Waals surface area contributed by atoms with E-state index < -0.39 is 5.97 Å². The van der Waals surface area contributed by atoms with Crippen LogP contribution in [0.15, 0.2) is 83.3 Å². The Labute approximate surface area is 197 Å². The maximum atomic E-state index is 12.6. The maximum absolute atomic E-state index is 12.6. The Morgan fingerprint density at radius 3 is 2.26 bits per heavy atom. The largest absolute Gasteiger partial charge is 0.487 e. The SMILES string of the molecule is CCOC(=O)c1ccc(NC(=O)c2ccc(-c3nc(COc4ccccc4)c(C)o3)cc2)cc1. The second-order valence-corrected chi connectivity index (χ2v) is 7.45. The molecule has 0 fully saturated rings. The van der Waals surface area contributed by atoms with Gasteiger partial charge in [0, 0.05) is 16.8 Å². The van der Waals surface area contributed by atoms with Gasteiger partial charge in [-0.3, -0.25) is 4.79 Å². The van der Waals surface area contributed by atoms with E-state index in [1.807, 2.05) is 37.3 Å². The minimum absolute atomic E-state index is 0.268. The highest BCUT2D eigenvalue weighted by Gasteiger charge is 2.14. The number of aryl methyl sites for hydroxylation is 1. The first kappa shape index (κ1) is 22.8. The molecule has 4 aromatic rings. The van der Waals surface area contributed by atoms with Crippen molar-refractivity contribution in [2.45, 2.75) is 20.5 Å². The van der Waals surface area contributed by atoms with Crippen LogP contribution < -0.4 is 10.1 Å². The third-order valence-electron chi connectivity index (χ3n) is 5.06. The van der Waals surface area contributed by atoms with E-state index in [4.69, 9.17) is 13.9 Å². The molecule has 1 heterocycles. The summed E-state index contributed by atoms with van der Waals surface area (Å²) in [7, 11) is 0. The van der Waals surface area contributed by atoms with Gasteiger partial charge >= 0.3 is 5.97 Å². The van der Waals surface area contributed by atoms with Crippen LogP contribution in [0.1, 0.15) is 39.1 Å². The van der Waals surface area contributed by atoms with Gasteiger partial charge in [-0.1, -0.05) is 18.2 Å². The predicted molar refractivity (Wildman–Crippen MR) is 128 cm³/mol. The maximum Gasteiger partial charge on any atom is 0.338 e. The summed E-state index contributed by atoms with van der Waals surface area (Å²) < 4.78 is 16.5. The normalized spacial score (nSPS) is 10.5. The van der Waals surface area contributed by atoms with Gasteiger partial charge in [0.25, 0.3) is 5.91 Å². The molecule has 0 aliphatic carbocycles. The molecular formula is C27H24N2O5. The van der Waals surface area contributed by atoms with Crippen LogP contribution >= 0.6 is 0 Å². The molecule has 1 amide bonds. The summed E-state index contributed by atoms with van der Waals surface area (Å²) in [6.45, 7) is 4.20. The number of carbonyl (C=O) groups excluding carboxylic acids is 2. The summed E-state index contributed by atoms with van der Waals surface area (Å²) in [6.07, 6.45) is 0. The summed E-state index contributed by atoms with van der Waals surface area (Å²) in [5.74, 6) is 1.24. The van der Waals surface area contributed by atoms with Gasteiger partial charge in [0.1, 0.15) is 23.8 Å². The van der Waals surface area contributed by atoms with E-state index in [1.165, 1.54) is 0 Å². The molecule has 1 aromatic heterocycles. The van der Waals surface area contributed by atoms with Crippen molar-refractivity contribution in [2.75, 3.05) is 11.9 Å². The second-order valence-electron chi connectivity index (χ2n) is 7.45. The number of benzene rings is 3. The van der Waals surface area contributed by atoms with Gasteiger partial charge in [-0.25, -0.2) is 9.78 Å². The quantitative estimate of drug-likeness (QED) is 0.344. The zero-order valence-corrected chi connectivity index (χ0v) is 18.9. The van der Waals surface area contributed by atoms with Gasteiger partial charge in [0.05, 0.1) is 12.2 Å². The molecule has 3 aromatic carbocycles. The molecule has 4 rings (SSSR count). The van der Waals surface area contributed by atoms with Gasteiger partial charge in [-0.15, -0.1) is 0 Å². The highest BCUT2D eigenvalue weighted by molar-refractivity contribution is 6.04. The first-order chi connectivity index (χ1) is 16.5. The number of rotatable bonds is 8. The molecule has 0 aliphatic heterocycles. The van der Waals surface area contributed by atoms with Crippen molar-refractivity contribution in [2.24, 2.45) is 0 Å². The van der Waals surface area contributed by atoms with Crippen LogP contribution in [0.5, 0.6) is 5.75 Å². The van der Waals surface area contributed by atoms with Crippen LogP contribution in [0.2, 0.25) is 0 Å². The number of anilines is 1. The molecule has 0 unspecified atom stereocenters. The smallest absolute Gasteiger partial charge is 0.338 e. The number of ether oxygens (including phenoxy) is 2. The highest BCUT2D eigenvalue weighted by atomic mass is 16.5. The van der Waals surface area contributed by atoms with Crippen molar-refractivity contribution in [3.05, 3.63) is 101 Å². The third-order valence-corrected chi connectivity index (χ3v) is 5.06. The molecule has 0 bridgehead atoms. The van der Waals surface area contributed by atoms with Crippen LogP contribution in [-0.2, 0) is 11.3 Å². The molecule has 0 saturated heterocycles. The van der Waals surface area contributed by atoms with E-state index in [0.29, 0.717) is 47.4 Å². The molecule has 0 saturated carbocycles. The Balaban J connectivity index is 1.39. The van der Waals surface area contributed by atoms with E-state index in [9.17, 15) is 9.59 Å². The van der Waals surface area contributed by atoms with Crippen LogP contribution in [0.3, 0.4) is 0 Å². The van der Waals surface area contributed by atoms with Crippen LogP contribution in [0, 0.1) is 6.92 Å². The Bertz CT molecular complexity index is 1260. The fraction of sp³-hybridized carbons (Fsp3) is 0.148. The number of amides is 1. The van der Waals surface area contributed by atoms with Crippen molar-refractivity contribution in [3.63, 3.8) is 0 Å². The zero-order chi connectivity index (χ0) is 23.9. The van der Waals surface area contributed by atoms with E-state index in [0.717, 1.165) is 11.3 Å². The van der Waals surface area contributed by atoms with Gasteiger partial charge < -0.3 is 19.2 Å². The van der Waals surface area contributed by atoms with Gasteiger partial charge in [0.2, 0.25) is 5.89 Å². The van der Waals surface area contributed by atoms with Crippen LogP contribution in [0.4, 0.5) is 5.69 Å². The Hall–Kier alpha value is -4.39. The molecule has 172 valence electrons. The minimum Gasteiger partial charge on any atom is -0.487 e. The monoisotopic (exact) mass is 456 g/mol. The van der Waals surface area contributed by atoms with Crippen molar-refractivity contribution in [1.29, 1.82) is 0 Å². The summed E-state index contributed by atoms with van der Waals surface area (Å²) in [6, 6.07) is 23.0. The number of carbonyl (C=O) groups is 2. The standard InChI is InChI=1S/C27H24N2O5/c1-3-32-27(31)21-13-15-22(16-14-21)28-25(30)19-9-11-20(12-10-19)26-29-24(18(2)34-26)17-33-23-7-5-4-6-8-23/h4-16H,3,17H2,1-2H3,(H,28,30). The molecule has 7 nitrogen and oxygen atoms in total. The van der Waals surface area contributed by atoms with E-state index >= 15 is 0 Å². The lowest BCUT2D eigenvalue weighted by molar-refractivity contribution is 0.0526.